The Kier molecular flexibility index (Phi) is 3.17. The Morgan fingerprint density at radius 2 is 2.16 bits per heavy atom. The lowest BCUT2D eigenvalue weighted by Gasteiger charge is -2.03. The Hall–Kier alpha value is -1.94. The number of rotatable bonds is 3. The maximum absolute atomic E-state index is 12.1. The number of carbonyl (C=O) groups excluding carboxylic acids is 1. The number of ketones is 1. The van der Waals surface area contributed by atoms with Gasteiger partial charge < -0.3 is 9.84 Å². The van der Waals surface area contributed by atoms with E-state index in [-0.39, 0.29) is 23.2 Å². The number of nitrogens with zero attached hydrogens (tertiary/aromatic N) is 1. The first-order valence-corrected chi connectivity index (χ1v) is 6.46. The molecule has 1 aromatic carbocycles. The van der Waals surface area contributed by atoms with Crippen LogP contribution in [0.2, 0.25) is 0 Å². The molecule has 19 heavy (non-hydrogen) atoms. The second-order valence-electron chi connectivity index (χ2n) is 4.77. The molecule has 0 amide bonds. The average molecular weight is 257 g/mol. The van der Waals surface area contributed by atoms with Crippen molar-refractivity contribution in [2.75, 3.05) is 13.2 Å². The van der Waals surface area contributed by atoms with Crippen molar-refractivity contribution >= 4 is 17.8 Å². The van der Waals surface area contributed by atoms with E-state index in [1.165, 1.54) is 6.21 Å². The second-order valence-corrected chi connectivity index (χ2v) is 4.77. The van der Waals surface area contributed by atoms with Crippen LogP contribution >= 0.6 is 0 Å². The van der Waals surface area contributed by atoms with Crippen molar-refractivity contribution < 1.29 is 14.6 Å². The Labute approximate surface area is 111 Å². The molecule has 0 spiro atoms. The Balaban J connectivity index is 1.77. The zero-order valence-corrected chi connectivity index (χ0v) is 10.5. The van der Waals surface area contributed by atoms with Crippen molar-refractivity contribution in [2.45, 2.75) is 18.9 Å². The molecule has 0 radical (unpaired) electrons. The van der Waals surface area contributed by atoms with Crippen molar-refractivity contribution in [3.05, 3.63) is 41.0 Å². The molecule has 4 heteroatoms. The van der Waals surface area contributed by atoms with Crippen LogP contribution in [-0.2, 0) is 4.74 Å². The third-order valence-electron chi connectivity index (χ3n) is 3.48. The fourth-order valence-corrected chi connectivity index (χ4v) is 2.45. The normalized spacial score (nSPS) is 22.5. The van der Waals surface area contributed by atoms with Crippen LogP contribution in [0.25, 0.3) is 5.76 Å². The number of hydrogen-bond acceptors (Lipinski definition) is 4. The molecular weight excluding hydrogens is 242 g/mol. The number of Topliss-reactive ketones (excluding diaryl/α,β-unsaturated/α-hetero) is 1. The van der Waals surface area contributed by atoms with E-state index < -0.39 is 0 Å². The summed E-state index contributed by atoms with van der Waals surface area (Å²) in [7, 11) is 0. The summed E-state index contributed by atoms with van der Waals surface area (Å²) in [6.07, 6.45) is 3.70. The van der Waals surface area contributed by atoms with Crippen LogP contribution in [-0.4, -0.2) is 36.4 Å². The number of hydrogen-bond donors (Lipinski definition) is 1. The van der Waals surface area contributed by atoms with E-state index in [1.54, 1.807) is 24.3 Å². The number of aliphatic hydroxyl groups excluding tert-OH is 1. The minimum Gasteiger partial charge on any atom is -0.506 e. The summed E-state index contributed by atoms with van der Waals surface area (Å²) in [5.74, 6) is -0.138. The summed E-state index contributed by atoms with van der Waals surface area (Å²) < 4.78 is 5.46. The molecule has 1 heterocycles. The molecule has 0 bridgehead atoms. The van der Waals surface area contributed by atoms with Gasteiger partial charge in [-0.2, -0.15) is 0 Å². The second kappa shape index (κ2) is 4.97. The molecule has 1 saturated heterocycles. The van der Waals surface area contributed by atoms with Crippen LogP contribution in [0.3, 0.4) is 0 Å². The van der Waals surface area contributed by atoms with E-state index in [1.807, 2.05) is 0 Å². The van der Waals surface area contributed by atoms with Crippen LogP contribution in [0.4, 0.5) is 0 Å². The molecule has 3 rings (SSSR count). The molecule has 1 aliphatic carbocycles. The SMILES string of the molecule is O=C1C(C=NC[C@H]2CCCO2)=C(O)c2ccccc21. The Morgan fingerprint density at radius 3 is 2.84 bits per heavy atom. The van der Waals surface area contributed by atoms with Gasteiger partial charge in [-0.3, -0.25) is 9.79 Å². The topological polar surface area (TPSA) is 58.9 Å². The van der Waals surface area contributed by atoms with Gasteiger partial charge in [-0.05, 0) is 12.8 Å². The molecule has 0 aromatic heterocycles. The molecule has 1 aliphatic heterocycles. The molecule has 4 nitrogen and oxygen atoms in total. The molecule has 1 fully saturated rings. The third kappa shape index (κ3) is 2.19. The summed E-state index contributed by atoms with van der Waals surface area (Å²) >= 11 is 0. The van der Waals surface area contributed by atoms with Crippen molar-refractivity contribution in [3.8, 4) is 0 Å². The van der Waals surface area contributed by atoms with Gasteiger partial charge in [0, 0.05) is 23.9 Å². The van der Waals surface area contributed by atoms with E-state index in [9.17, 15) is 9.90 Å². The minimum absolute atomic E-state index is 0.0247. The molecule has 0 saturated carbocycles. The van der Waals surface area contributed by atoms with E-state index in [0.717, 1.165) is 19.4 Å². The predicted molar refractivity (Wildman–Crippen MR) is 72.7 cm³/mol. The number of ether oxygens (including phenoxy) is 1. The van der Waals surface area contributed by atoms with Gasteiger partial charge in [0.1, 0.15) is 5.76 Å². The van der Waals surface area contributed by atoms with Gasteiger partial charge in [0.2, 0.25) is 0 Å². The molecular formula is C15H15NO3. The smallest absolute Gasteiger partial charge is 0.199 e. The van der Waals surface area contributed by atoms with Gasteiger partial charge >= 0.3 is 0 Å². The number of aliphatic imine (C=N–C) groups is 1. The lowest BCUT2D eigenvalue weighted by molar-refractivity contribution is 0.104. The van der Waals surface area contributed by atoms with Crippen LogP contribution in [0, 0.1) is 0 Å². The highest BCUT2D eigenvalue weighted by molar-refractivity contribution is 6.30. The summed E-state index contributed by atoms with van der Waals surface area (Å²) in [5, 5.41) is 10.0. The van der Waals surface area contributed by atoms with Gasteiger partial charge in [0.05, 0.1) is 18.2 Å². The highest BCUT2D eigenvalue weighted by Gasteiger charge is 2.28. The van der Waals surface area contributed by atoms with Gasteiger partial charge in [0.15, 0.2) is 5.78 Å². The summed E-state index contributed by atoms with van der Waals surface area (Å²) in [6.45, 7) is 1.33. The minimum atomic E-state index is -0.163. The van der Waals surface area contributed by atoms with Crippen molar-refractivity contribution in [3.63, 3.8) is 0 Å². The summed E-state index contributed by atoms with van der Waals surface area (Å²) in [4.78, 5) is 16.3. The molecule has 1 aromatic rings. The first kappa shape index (κ1) is 12.1. The fourth-order valence-electron chi connectivity index (χ4n) is 2.45. The Morgan fingerprint density at radius 1 is 1.37 bits per heavy atom. The predicted octanol–water partition coefficient (Wildman–Crippen LogP) is 2.40. The van der Waals surface area contributed by atoms with Gasteiger partial charge in [-0.15, -0.1) is 0 Å². The standard InChI is InChI=1S/C15H15NO3/c17-14-11-5-1-2-6-12(11)15(18)13(14)9-16-8-10-4-3-7-19-10/h1-2,5-6,9-10,17H,3-4,7-8H2/t10-/m1/s1. The number of allylic oxidation sites excluding steroid dienone is 1. The first-order chi connectivity index (χ1) is 9.27. The fraction of sp³-hybridized carbons (Fsp3) is 0.333. The zero-order valence-electron chi connectivity index (χ0n) is 10.5. The molecule has 2 aliphatic rings. The maximum Gasteiger partial charge on any atom is 0.199 e. The van der Waals surface area contributed by atoms with E-state index in [2.05, 4.69) is 4.99 Å². The van der Waals surface area contributed by atoms with Crippen LogP contribution in [0.1, 0.15) is 28.8 Å². The monoisotopic (exact) mass is 257 g/mol. The van der Waals surface area contributed by atoms with Crippen molar-refractivity contribution in [1.29, 1.82) is 0 Å². The lowest BCUT2D eigenvalue weighted by Crippen LogP contribution is -2.09. The third-order valence-corrected chi connectivity index (χ3v) is 3.48. The van der Waals surface area contributed by atoms with E-state index in [0.29, 0.717) is 17.7 Å². The number of carbonyl (C=O) groups is 1. The van der Waals surface area contributed by atoms with Crippen LogP contribution in [0.5, 0.6) is 0 Å². The van der Waals surface area contributed by atoms with E-state index >= 15 is 0 Å². The van der Waals surface area contributed by atoms with E-state index in [4.69, 9.17) is 4.74 Å². The largest absolute Gasteiger partial charge is 0.506 e. The summed E-state index contributed by atoms with van der Waals surface area (Å²) in [6, 6.07) is 7.05. The number of aliphatic hydroxyl groups is 1. The first-order valence-electron chi connectivity index (χ1n) is 6.46. The molecule has 0 unspecified atom stereocenters. The van der Waals surface area contributed by atoms with Crippen LogP contribution in [0.15, 0.2) is 34.8 Å². The molecule has 98 valence electrons. The lowest BCUT2D eigenvalue weighted by atomic mass is 10.1. The average Bonchev–Trinajstić information content (AvgIpc) is 3.02. The van der Waals surface area contributed by atoms with Gasteiger partial charge in [0.25, 0.3) is 0 Å². The highest BCUT2D eigenvalue weighted by Crippen LogP contribution is 2.29. The molecule has 1 N–H and O–H groups in total. The molecule has 1 atom stereocenters. The Bertz CT molecular complexity index is 569. The quantitative estimate of drug-likeness (QED) is 0.846. The number of benzene rings is 1. The maximum atomic E-state index is 12.1. The van der Waals surface area contributed by atoms with Crippen molar-refractivity contribution in [2.24, 2.45) is 4.99 Å². The van der Waals surface area contributed by atoms with Gasteiger partial charge in [-0.25, -0.2) is 0 Å². The highest BCUT2D eigenvalue weighted by atomic mass is 16.5. The van der Waals surface area contributed by atoms with Crippen molar-refractivity contribution in [1.82, 2.24) is 0 Å². The zero-order chi connectivity index (χ0) is 13.2. The summed E-state index contributed by atoms with van der Waals surface area (Å²) in [5.41, 5.74) is 1.41. The van der Waals surface area contributed by atoms with Crippen LogP contribution < -0.4 is 0 Å². The number of fused-ring (bicyclic) bond motifs is 1. The van der Waals surface area contributed by atoms with Gasteiger partial charge in [-0.1, -0.05) is 24.3 Å².